The molecular formula is C14H13N3O3. The van der Waals surface area contributed by atoms with Gasteiger partial charge in [-0.25, -0.2) is 4.98 Å². The third kappa shape index (κ3) is 2.40. The molecule has 0 spiro atoms. The maximum Gasteiger partial charge on any atom is 0.307 e. The molecule has 1 heterocycles. The second-order valence-corrected chi connectivity index (χ2v) is 4.80. The third-order valence-electron chi connectivity index (χ3n) is 3.36. The highest BCUT2D eigenvalue weighted by Gasteiger charge is 2.48. The smallest absolute Gasteiger partial charge is 0.307 e. The van der Waals surface area contributed by atoms with Gasteiger partial charge in [0, 0.05) is 23.8 Å². The Kier molecular flexibility index (Phi) is 2.98. The summed E-state index contributed by atoms with van der Waals surface area (Å²) >= 11 is 0. The molecule has 6 heteroatoms. The third-order valence-corrected chi connectivity index (χ3v) is 3.36. The second-order valence-electron chi connectivity index (χ2n) is 4.80. The minimum atomic E-state index is -0.905. The summed E-state index contributed by atoms with van der Waals surface area (Å²) in [6, 6.07) is 7.31. The van der Waals surface area contributed by atoms with Gasteiger partial charge in [-0.05, 0) is 24.6 Å². The highest BCUT2D eigenvalue weighted by atomic mass is 16.4. The molecule has 2 N–H and O–H groups in total. The number of hydrogen-bond donors (Lipinski definition) is 2. The molecule has 1 aromatic heterocycles. The molecule has 0 unspecified atom stereocenters. The van der Waals surface area contributed by atoms with Crippen molar-refractivity contribution in [1.29, 1.82) is 0 Å². The largest absolute Gasteiger partial charge is 0.481 e. The molecular weight excluding hydrogens is 258 g/mol. The monoisotopic (exact) mass is 271 g/mol. The van der Waals surface area contributed by atoms with Gasteiger partial charge in [0.25, 0.3) is 0 Å². The zero-order chi connectivity index (χ0) is 14.1. The number of benzene rings is 1. The number of amides is 1. The summed E-state index contributed by atoms with van der Waals surface area (Å²) in [6.07, 6.45) is 5.57. The van der Waals surface area contributed by atoms with Crippen LogP contribution in [0.1, 0.15) is 6.42 Å². The lowest BCUT2D eigenvalue weighted by Crippen LogP contribution is -2.16. The van der Waals surface area contributed by atoms with Gasteiger partial charge >= 0.3 is 5.97 Å². The second kappa shape index (κ2) is 4.80. The molecule has 1 saturated carbocycles. The summed E-state index contributed by atoms with van der Waals surface area (Å²) in [5, 5.41) is 11.6. The molecule has 2 atom stereocenters. The summed E-state index contributed by atoms with van der Waals surface area (Å²) in [5.74, 6) is -2.09. The van der Waals surface area contributed by atoms with Crippen molar-refractivity contribution in [3.8, 4) is 5.69 Å². The minimum absolute atomic E-state index is 0.236. The molecule has 20 heavy (non-hydrogen) atoms. The van der Waals surface area contributed by atoms with Crippen molar-refractivity contribution in [2.75, 3.05) is 5.32 Å². The van der Waals surface area contributed by atoms with E-state index >= 15 is 0 Å². The topological polar surface area (TPSA) is 84.2 Å². The number of nitrogens with one attached hydrogen (secondary N) is 1. The number of carboxylic acid groups (broad SMARTS) is 1. The Hall–Kier alpha value is -2.63. The van der Waals surface area contributed by atoms with Gasteiger partial charge in [-0.1, -0.05) is 6.07 Å². The van der Waals surface area contributed by atoms with Crippen LogP contribution < -0.4 is 5.32 Å². The number of imidazole rings is 1. The maximum atomic E-state index is 11.9. The van der Waals surface area contributed by atoms with Gasteiger partial charge in [0.2, 0.25) is 5.91 Å². The van der Waals surface area contributed by atoms with E-state index in [1.54, 1.807) is 18.6 Å². The number of carboxylic acids is 1. The lowest BCUT2D eigenvalue weighted by molar-refractivity contribution is -0.139. The number of aromatic nitrogens is 2. The molecule has 1 aliphatic carbocycles. The van der Waals surface area contributed by atoms with Gasteiger partial charge < -0.3 is 15.0 Å². The molecule has 0 bridgehead atoms. The lowest BCUT2D eigenvalue weighted by atomic mass is 10.2. The Morgan fingerprint density at radius 2 is 2.20 bits per heavy atom. The molecule has 1 fully saturated rings. The van der Waals surface area contributed by atoms with E-state index in [2.05, 4.69) is 10.3 Å². The average molecular weight is 271 g/mol. The van der Waals surface area contributed by atoms with E-state index in [4.69, 9.17) is 5.11 Å². The summed E-state index contributed by atoms with van der Waals surface area (Å²) < 4.78 is 1.83. The lowest BCUT2D eigenvalue weighted by Gasteiger charge is -2.07. The number of aliphatic carboxylic acids is 1. The normalized spacial score (nSPS) is 20.4. The van der Waals surface area contributed by atoms with E-state index in [1.165, 1.54) is 0 Å². The Morgan fingerprint density at radius 3 is 2.85 bits per heavy atom. The fourth-order valence-corrected chi connectivity index (χ4v) is 2.15. The first-order valence-electron chi connectivity index (χ1n) is 6.27. The summed E-state index contributed by atoms with van der Waals surface area (Å²) in [4.78, 5) is 26.6. The highest BCUT2D eigenvalue weighted by Crippen LogP contribution is 2.39. The van der Waals surface area contributed by atoms with E-state index in [1.807, 2.05) is 29.0 Å². The van der Waals surface area contributed by atoms with Crippen molar-refractivity contribution in [1.82, 2.24) is 9.55 Å². The molecule has 1 aromatic carbocycles. The molecule has 102 valence electrons. The van der Waals surface area contributed by atoms with E-state index in [9.17, 15) is 9.59 Å². The van der Waals surface area contributed by atoms with Crippen molar-refractivity contribution >= 4 is 17.6 Å². The van der Waals surface area contributed by atoms with Gasteiger partial charge in [-0.3, -0.25) is 9.59 Å². The Morgan fingerprint density at radius 1 is 1.35 bits per heavy atom. The SMILES string of the molecule is O=C(O)[C@H]1C[C@H]1C(=O)Nc1cccc(-n2ccnc2)c1. The zero-order valence-corrected chi connectivity index (χ0v) is 10.6. The number of nitrogens with zero attached hydrogens (tertiary/aromatic N) is 2. The quantitative estimate of drug-likeness (QED) is 0.883. The van der Waals surface area contributed by atoms with Crippen molar-refractivity contribution < 1.29 is 14.7 Å². The van der Waals surface area contributed by atoms with E-state index < -0.39 is 17.8 Å². The first kappa shape index (κ1) is 12.4. The summed E-state index contributed by atoms with van der Waals surface area (Å²) in [6.45, 7) is 0. The van der Waals surface area contributed by atoms with E-state index in [0.717, 1.165) is 5.69 Å². The number of rotatable bonds is 4. The van der Waals surface area contributed by atoms with Gasteiger partial charge in [0.05, 0.1) is 18.2 Å². The molecule has 0 aliphatic heterocycles. The van der Waals surface area contributed by atoms with Crippen LogP contribution in [0.3, 0.4) is 0 Å². The van der Waals surface area contributed by atoms with Crippen LogP contribution in [0.15, 0.2) is 43.0 Å². The molecule has 2 aromatic rings. The molecule has 0 radical (unpaired) electrons. The van der Waals surface area contributed by atoms with Crippen LogP contribution in [0, 0.1) is 11.8 Å². The van der Waals surface area contributed by atoms with E-state index in [0.29, 0.717) is 12.1 Å². The minimum Gasteiger partial charge on any atom is -0.481 e. The predicted molar refractivity (Wildman–Crippen MR) is 71.4 cm³/mol. The van der Waals surface area contributed by atoms with Crippen molar-refractivity contribution in [3.63, 3.8) is 0 Å². The molecule has 1 amide bonds. The zero-order valence-electron chi connectivity index (χ0n) is 10.6. The predicted octanol–water partition coefficient (Wildman–Crippen LogP) is 1.53. The molecule has 3 rings (SSSR count). The van der Waals surface area contributed by atoms with Crippen LogP contribution in [0.2, 0.25) is 0 Å². The van der Waals surface area contributed by atoms with Crippen LogP contribution in [-0.4, -0.2) is 26.5 Å². The van der Waals surface area contributed by atoms with Gasteiger partial charge in [0.1, 0.15) is 0 Å². The summed E-state index contributed by atoms with van der Waals surface area (Å²) in [7, 11) is 0. The Labute approximate surface area is 115 Å². The highest BCUT2D eigenvalue weighted by molar-refractivity contribution is 5.98. The Balaban J connectivity index is 1.71. The first-order valence-corrected chi connectivity index (χ1v) is 6.27. The fraction of sp³-hybridized carbons (Fsp3) is 0.214. The van der Waals surface area contributed by atoms with Crippen molar-refractivity contribution in [2.45, 2.75) is 6.42 Å². The van der Waals surface area contributed by atoms with Gasteiger partial charge in [-0.15, -0.1) is 0 Å². The first-order chi connectivity index (χ1) is 9.65. The van der Waals surface area contributed by atoms with Gasteiger partial charge in [0.15, 0.2) is 0 Å². The fourth-order valence-electron chi connectivity index (χ4n) is 2.15. The van der Waals surface area contributed by atoms with Crippen molar-refractivity contribution in [3.05, 3.63) is 43.0 Å². The summed E-state index contributed by atoms with van der Waals surface area (Å²) in [5.41, 5.74) is 1.53. The van der Waals surface area contributed by atoms with Crippen LogP contribution in [0.5, 0.6) is 0 Å². The van der Waals surface area contributed by atoms with Crippen LogP contribution in [-0.2, 0) is 9.59 Å². The van der Waals surface area contributed by atoms with Gasteiger partial charge in [-0.2, -0.15) is 0 Å². The standard InChI is InChI=1S/C14H13N3O3/c18-13(11-7-12(11)14(19)20)16-9-2-1-3-10(6-9)17-5-4-15-8-17/h1-6,8,11-12H,7H2,(H,16,18)(H,19,20)/t11-,12+/m1/s1. The molecule has 0 saturated heterocycles. The maximum absolute atomic E-state index is 11.9. The number of anilines is 1. The molecule has 1 aliphatic rings. The average Bonchev–Trinajstić information content (AvgIpc) is 3.06. The number of hydrogen-bond acceptors (Lipinski definition) is 3. The van der Waals surface area contributed by atoms with Crippen LogP contribution in [0.25, 0.3) is 5.69 Å². The van der Waals surface area contributed by atoms with Crippen LogP contribution >= 0.6 is 0 Å². The van der Waals surface area contributed by atoms with Crippen molar-refractivity contribution in [2.24, 2.45) is 11.8 Å². The number of carbonyl (C=O) groups excluding carboxylic acids is 1. The number of carbonyl (C=O) groups is 2. The Bertz CT molecular complexity index is 651. The van der Waals surface area contributed by atoms with E-state index in [-0.39, 0.29) is 5.91 Å². The molecule has 6 nitrogen and oxygen atoms in total. The van der Waals surface area contributed by atoms with Crippen LogP contribution in [0.4, 0.5) is 5.69 Å².